The van der Waals surface area contributed by atoms with E-state index in [4.69, 9.17) is 12.2 Å². The summed E-state index contributed by atoms with van der Waals surface area (Å²) in [6.45, 7) is 4.21. The molecule has 1 unspecified atom stereocenters. The molecule has 1 saturated heterocycles. The van der Waals surface area contributed by atoms with Crippen molar-refractivity contribution in [3.05, 3.63) is 60.2 Å². The minimum Gasteiger partial charge on any atom is -0.341 e. The van der Waals surface area contributed by atoms with Gasteiger partial charge in [-0.1, -0.05) is 68.2 Å². The Bertz CT molecular complexity index is 819. The van der Waals surface area contributed by atoms with Gasteiger partial charge < -0.3 is 5.32 Å². The van der Waals surface area contributed by atoms with E-state index in [1.807, 2.05) is 54.6 Å². The van der Waals surface area contributed by atoms with Crippen molar-refractivity contribution >= 4 is 51.5 Å². The van der Waals surface area contributed by atoms with Crippen molar-refractivity contribution in [1.29, 1.82) is 0 Å². The number of thioether (sulfide) groups is 1. The van der Waals surface area contributed by atoms with Crippen LogP contribution in [0.15, 0.2) is 54.6 Å². The number of nitrogens with one attached hydrogen (secondary N) is 1. The van der Waals surface area contributed by atoms with Gasteiger partial charge in [0.25, 0.3) is 0 Å². The first-order valence-electron chi connectivity index (χ1n) is 8.45. The molecule has 134 valence electrons. The van der Waals surface area contributed by atoms with Crippen molar-refractivity contribution in [2.24, 2.45) is 0 Å². The van der Waals surface area contributed by atoms with E-state index in [-0.39, 0.29) is 18.2 Å². The van der Waals surface area contributed by atoms with Crippen LogP contribution in [-0.4, -0.2) is 21.4 Å². The molecule has 2 aromatic rings. The number of anilines is 2. The summed E-state index contributed by atoms with van der Waals surface area (Å²) in [5.41, 5.74) is 2.66. The molecule has 26 heavy (non-hydrogen) atoms. The molecule has 1 N–H and O–H groups in total. The van der Waals surface area contributed by atoms with Crippen LogP contribution in [0.2, 0.25) is 0 Å². The molecule has 2 aromatic carbocycles. The Kier molecular flexibility index (Phi) is 5.74. The van der Waals surface area contributed by atoms with Crippen LogP contribution in [-0.2, 0) is 9.59 Å². The number of imide groups is 1. The number of amides is 2. The van der Waals surface area contributed by atoms with E-state index in [9.17, 15) is 9.59 Å². The molecule has 2 amide bonds. The fourth-order valence-corrected chi connectivity index (χ4v) is 4.11. The third kappa shape index (κ3) is 4.14. The highest BCUT2D eigenvalue weighted by molar-refractivity contribution is 8.24. The fraction of sp³-hybridized carbons (Fsp3) is 0.250. The number of thiocarbonyl (C=S) groups is 1. The highest BCUT2D eigenvalue weighted by atomic mass is 32.2. The lowest BCUT2D eigenvalue weighted by Gasteiger charge is -2.16. The Labute approximate surface area is 163 Å². The lowest BCUT2D eigenvalue weighted by molar-refractivity contribution is -0.121. The van der Waals surface area contributed by atoms with Crippen molar-refractivity contribution < 1.29 is 9.59 Å². The summed E-state index contributed by atoms with van der Waals surface area (Å²) in [6, 6.07) is 17.1. The molecule has 1 heterocycles. The summed E-state index contributed by atoms with van der Waals surface area (Å²) in [5, 5.41) is 2.60. The summed E-state index contributed by atoms with van der Waals surface area (Å²) >= 11 is 6.56. The van der Waals surface area contributed by atoms with Gasteiger partial charge in [0.1, 0.15) is 9.57 Å². The summed E-state index contributed by atoms with van der Waals surface area (Å²) in [4.78, 5) is 26.4. The van der Waals surface area contributed by atoms with Crippen molar-refractivity contribution in [3.63, 3.8) is 0 Å². The second-order valence-electron chi connectivity index (χ2n) is 6.40. The molecule has 0 aromatic heterocycles. The minimum absolute atomic E-state index is 0.159. The van der Waals surface area contributed by atoms with Crippen molar-refractivity contribution in [2.45, 2.75) is 31.4 Å². The second-order valence-corrected chi connectivity index (χ2v) is 8.28. The predicted molar refractivity (Wildman–Crippen MR) is 112 cm³/mol. The molecule has 0 spiro atoms. The molecule has 1 atom stereocenters. The topological polar surface area (TPSA) is 49.4 Å². The van der Waals surface area contributed by atoms with Crippen LogP contribution in [0.25, 0.3) is 0 Å². The van der Waals surface area contributed by atoms with Crippen LogP contribution in [0, 0.1) is 0 Å². The van der Waals surface area contributed by atoms with E-state index in [2.05, 4.69) is 19.2 Å². The lowest BCUT2D eigenvalue weighted by Crippen LogP contribution is -2.31. The van der Waals surface area contributed by atoms with Crippen LogP contribution < -0.4 is 10.2 Å². The SMILES string of the molecule is CC(C)c1ccc(N2C(=O)CC(SC(=S)Nc3ccccc3)C2=O)cc1. The third-order valence-electron chi connectivity index (χ3n) is 4.19. The average molecular weight is 385 g/mol. The van der Waals surface area contributed by atoms with Gasteiger partial charge in [0, 0.05) is 12.1 Å². The highest BCUT2D eigenvalue weighted by Gasteiger charge is 2.40. The van der Waals surface area contributed by atoms with Gasteiger partial charge in [0.05, 0.1) is 5.69 Å². The zero-order valence-corrected chi connectivity index (χ0v) is 16.3. The summed E-state index contributed by atoms with van der Waals surface area (Å²) in [7, 11) is 0. The normalized spacial score (nSPS) is 17.0. The number of hydrogen-bond donors (Lipinski definition) is 1. The van der Waals surface area contributed by atoms with Gasteiger partial charge in [0.15, 0.2) is 0 Å². The molecular formula is C20H20N2O2S2. The zero-order chi connectivity index (χ0) is 18.7. The quantitative estimate of drug-likeness (QED) is 0.618. The Morgan fingerprint density at radius 2 is 1.77 bits per heavy atom. The molecular weight excluding hydrogens is 364 g/mol. The Balaban J connectivity index is 1.67. The number of benzene rings is 2. The van der Waals surface area contributed by atoms with Gasteiger partial charge in [-0.25, -0.2) is 4.90 Å². The fourth-order valence-electron chi connectivity index (χ4n) is 2.77. The molecule has 1 fully saturated rings. The molecule has 1 aliphatic rings. The van der Waals surface area contributed by atoms with Crippen LogP contribution >= 0.6 is 24.0 Å². The highest BCUT2D eigenvalue weighted by Crippen LogP contribution is 2.31. The maximum atomic E-state index is 12.7. The van der Waals surface area contributed by atoms with Crippen molar-refractivity contribution in [1.82, 2.24) is 0 Å². The molecule has 3 rings (SSSR count). The zero-order valence-electron chi connectivity index (χ0n) is 14.6. The second kappa shape index (κ2) is 8.01. The van der Waals surface area contributed by atoms with E-state index >= 15 is 0 Å². The molecule has 0 aliphatic carbocycles. The van der Waals surface area contributed by atoms with Gasteiger partial charge in [0.2, 0.25) is 11.8 Å². The summed E-state index contributed by atoms with van der Waals surface area (Å²) in [6.07, 6.45) is 0.159. The van der Waals surface area contributed by atoms with Gasteiger partial charge in [-0.15, -0.1) is 0 Å². The van der Waals surface area contributed by atoms with Crippen LogP contribution in [0.4, 0.5) is 11.4 Å². The van der Waals surface area contributed by atoms with Crippen molar-refractivity contribution in [3.8, 4) is 0 Å². The monoisotopic (exact) mass is 384 g/mol. The smallest absolute Gasteiger partial charge is 0.247 e. The Morgan fingerprint density at radius 3 is 2.38 bits per heavy atom. The number of carbonyl (C=O) groups excluding carboxylic acids is 2. The standard InChI is InChI=1S/C20H20N2O2S2/c1-13(2)14-8-10-16(11-9-14)22-18(23)12-17(19(22)24)26-20(25)21-15-6-4-3-5-7-15/h3-11,13,17H,12H2,1-2H3,(H,21,25). The van der Waals surface area contributed by atoms with E-state index < -0.39 is 5.25 Å². The summed E-state index contributed by atoms with van der Waals surface area (Å²) < 4.78 is 0.486. The first-order valence-corrected chi connectivity index (χ1v) is 9.74. The van der Waals surface area contributed by atoms with Crippen LogP contribution in [0.3, 0.4) is 0 Å². The Morgan fingerprint density at radius 1 is 1.12 bits per heavy atom. The van der Waals surface area contributed by atoms with Crippen LogP contribution in [0.5, 0.6) is 0 Å². The van der Waals surface area contributed by atoms with Crippen LogP contribution in [0.1, 0.15) is 31.7 Å². The van der Waals surface area contributed by atoms with Gasteiger partial charge >= 0.3 is 0 Å². The first kappa shape index (κ1) is 18.6. The molecule has 0 radical (unpaired) electrons. The van der Waals surface area contributed by atoms with Gasteiger partial charge in [-0.3, -0.25) is 9.59 Å². The summed E-state index contributed by atoms with van der Waals surface area (Å²) in [5.74, 6) is 0.000543. The maximum absolute atomic E-state index is 12.7. The number of para-hydroxylation sites is 1. The lowest BCUT2D eigenvalue weighted by atomic mass is 10.0. The number of nitrogens with zero attached hydrogens (tertiary/aromatic N) is 1. The van der Waals surface area contributed by atoms with Gasteiger partial charge in [-0.2, -0.15) is 0 Å². The molecule has 1 aliphatic heterocycles. The molecule has 4 nitrogen and oxygen atoms in total. The Hall–Kier alpha value is -2.18. The van der Waals surface area contributed by atoms with E-state index in [0.29, 0.717) is 15.9 Å². The van der Waals surface area contributed by atoms with Crippen molar-refractivity contribution in [2.75, 3.05) is 10.2 Å². The predicted octanol–water partition coefficient (Wildman–Crippen LogP) is 4.57. The third-order valence-corrected chi connectivity index (χ3v) is 5.55. The number of carbonyl (C=O) groups is 2. The van der Waals surface area contributed by atoms with E-state index in [0.717, 1.165) is 5.69 Å². The maximum Gasteiger partial charge on any atom is 0.247 e. The minimum atomic E-state index is -0.490. The first-order chi connectivity index (χ1) is 12.5. The average Bonchev–Trinajstić information content (AvgIpc) is 2.89. The molecule has 0 bridgehead atoms. The molecule has 6 heteroatoms. The van der Waals surface area contributed by atoms with E-state index in [1.165, 1.54) is 22.2 Å². The van der Waals surface area contributed by atoms with Gasteiger partial charge in [-0.05, 0) is 35.7 Å². The number of rotatable bonds is 4. The largest absolute Gasteiger partial charge is 0.341 e. The molecule has 0 saturated carbocycles. The van der Waals surface area contributed by atoms with E-state index in [1.54, 1.807) is 0 Å². The number of hydrogen-bond acceptors (Lipinski definition) is 4.